The number of rotatable bonds is 3. The second-order valence-corrected chi connectivity index (χ2v) is 5.61. The molecule has 5 nitrogen and oxygen atoms in total. The van der Waals surface area contributed by atoms with Crippen LogP contribution in [0.2, 0.25) is 0 Å². The fourth-order valence-electron chi connectivity index (χ4n) is 1.95. The third-order valence-corrected chi connectivity index (χ3v) is 4.37. The summed E-state index contributed by atoms with van der Waals surface area (Å²) in [6, 6.07) is 5.25. The summed E-state index contributed by atoms with van der Waals surface area (Å²) in [4.78, 5) is 18.4. The third kappa shape index (κ3) is 2.94. The van der Waals surface area contributed by atoms with Gasteiger partial charge in [0.1, 0.15) is 11.5 Å². The van der Waals surface area contributed by atoms with Crippen molar-refractivity contribution in [2.75, 3.05) is 24.3 Å². The van der Waals surface area contributed by atoms with Crippen molar-refractivity contribution in [2.45, 2.75) is 18.6 Å². The number of aromatic nitrogens is 1. The van der Waals surface area contributed by atoms with Crippen molar-refractivity contribution in [3.8, 4) is 0 Å². The highest BCUT2D eigenvalue weighted by atomic mass is 32.2. The first-order valence-corrected chi connectivity index (χ1v) is 7.14. The molecule has 0 aromatic carbocycles. The van der Waals surface area contributed by atoms with Crippen molar-refractivity contribution in [1.82, 2.24) is 9.88 Å². The van der Waals surface area contributed by atoms with Crippen LogP contribution in [0.3, 0.4) is 0 Å². The number of nitrogen functional groups attached to an aromatic ring is 1. The van der Waals surface area contributed by atoms with Crippen molar-refractivity contribution < 1.29 is 4.79 Å². The molecule has 1 unspecified atom stereocenters. The predicted octanol–water partition coefficient (Wildman–Crippen LogP) is 1.33. The van der Waals surface area contributed by atoms with E-state index < -0.39 is 0 Å². The van der Waals surface area contributed by atoms with Gasteiger partial charge < -0.3 is 10.3 Å². The van der Waals surface area contributed by atoms with Gasteiger partial charge in [-0.25, -0.2) is 10.8 Å². The van der Waals surface area contributed by atoms with E-state index >= 15 is 0 Å². The Hall–Kier alpha value is -1.27. The molecule has 6 heteroatoms. The van der Waals surface area contributed by atoms with Gasteiger partial charge in [0.2, 0.25) is 0 Å². The van der Waals surface area contributed by atoms with Crippen LogP contribution in [-0.2, 0) is 0 Å². The fraction of sp³-hybridized carbons (Fsp3) is 0.500. The van der Waals surface area contributed by atoms with Crippen LogP contribution in [0.25, 0.3) is 0 Å². The normalized spacial score (nSPS) is 19.7. The van der Waals surface area contributed by atoms with E-state index in [1.165, 1.54) is 0 Å². The number of nitrogens with one attached hydrogen (secondary N) is 1. The van der Waals surface area contributed by atoms with Gasteiger partial charge >= 0.3 is 0 Å². The maximum absolute atomic E-state index is 12.3. The third-order valence-electron chi connectivity index (χ3n) is 3.00. The molecule has 1 amide bonds. The summed E-state index contributed by atoms with van der Waals surface area (Å²) in [6.07, 6.45) is 1.09. The second-order valence-electron chi connectivity index (χ2n) is 4.20. The first-order valence-electron chi connectivity index (χ1n) is 6.09. The number of amides is 1. The number of carbonyl (C=O) groups is 1. The summed E-state index contributed by atoms with van der Waals surface area (Å²) >= 11 is 1.94. The number of carbonyl (C=O) groups excluding carboxylic acids is 1. The average molecular weight is 266 g/mol. The Labute approximate surface area is 111 Å². The first kappa shape index (κ1) is 13.2. The summed E-state index contributed by atoms with van der Waals surface area (Å²) in [5.41, 5.74) is 2.91. The quantitative estimate of drug-likeness (QED) is 0.638. The Morgan fingerprint density at radius 3 is 3.22 bits per heavy atom. The van der Waals surface area contributed by atoms with Crippen LogP contribution in [0.1, 0.15) is 23.8 Å². The summed E-state index contributed by atoms with van der Waals surface area (Å²) < 4.78 is 0. The molecule has 18 heavy (non-hydrogen) atoms. The molecule has 1 aliphatic rings. The van der Waals surface area contributed by atoms with Crippen molar-refractivity contribution in [1.29, 1.82) is 0 Å². The molecule has 1 saturated heterocycles. The molecule has 1 aliphatic heterocycles. The molecule has 0 spiro atoms. The molecule has 1 atom stereocenters. The Morgan fingerprint density at radius 2 is 2.50 bits per heavy atom. The molecule has 1 aromatic heterocycles. The van der Waals surface area contributed by atoms with Gasteiger partial charge in [0, 0.05) is 24.1 Å². The van der Waals surface area contributed by atoms with Crippen LogP contribution in [0.15, 0.2) is 18.2 Å². The molecule has 0 aliphatic carbocycles. The number of pyridine rings is 1. The maximum Gasteiger partial charge on any atom is 0.272 e. The van der Waals surface area contributed by atoms with Gasteiger partial charge in [-0.1, -0.05) is 13.0 Å². The number of hydrogen-bond donors (Lipinski definition) is 2. The number of anilines is 1. The maximum atomic E-state index is 12.3. The van der Waals surface area contributed by atoms with E-state index in [1.807, 2.05) is 16.7 Å². The number of hydrazine groups is 1. The summed E-state index contributed by atoms with van der Waals surface area (Å²) in [5, 5.41) is 0.540. The highest BCUT2D eigenvalue weighted by Gasteiger charge is 2.24. The summed E-state index contributed by atoms with van der Waals surface area (Å²) in [6.45, 7) is 3.76. The van der Waals surface area contributed by atoms with Gasteiger partial charge in [0.15, 0.2) is 0 Å². The minimum Gasteiger partial charge on any atom is -0.335 e. The zero-order valence-electron chi connectivity index (χ0n) is 10.4. The van der Waals surface area contributed by atoms with Crippen LogP contribution in [0, 0.1) is 0 Å². The lowest BCUT2D eigenvalue weighted by molar-refractivity contribution is 0.0755. The van der Waals surface area contributed by atoms with Crippen LogP contribution >= 0.6 is 11.8 Å². The lowest BCUT2D eigenvalue weighted by Gasteiger charge is -2.31. The van der Waals surface area contributed by atoms with E-state index in [0.29, 0.717) is 16.8 Å². The highest BCUT2D eigenvalue weighted by molar-refractivity contribution is 8.00. The molecule has 2 heterocycles. The number of thioether (sulfide) groups is 1. The number of hydrogen-bond acceptors (Lipinski definition) is 5. The van der Waals surface area contributed by atoms with Gasteiger partial charge in [-0.3, -0.25) is 4.79 Å². The van der Waals surface area contributed by atoms with E-state index in [-0.39, 0.29) is 5.91 Å². The fourth-order valence-corrected chi connectivity index (χ4v) is 3.13. The van der Waals surface area contributed by atoms with E-state index in [9.17, 15) is 4.79 Å². The van der Waals surface area contributed by atoms with Crippen molar-refractivity contribution in [3.05, 3.63) is 23.9 Å². The molecule has 0 radical (unpaired) electrons. The molecular weight excluding hydrogens is 248 g/mol. The summed E-state index contributed by atoms with van der Waals surface area (Å²) in [5.74, 6) is 6.80. The van der Waals surface area contributed by atoms with Crippen molar-refractivity contribution >= 4 is 23.5 Å². The van der Waals surface area contributed by atoms with Gasteiger partial charge in [-0.15, -0.1) is 0 Å². The molecule has 98 valence electrons. The van der Waals surface area contributed by atoms with Crippen LogP contribution in [-0.4, -0.2) is 39.9 Å². The minimum absolute atomic E-state index is 0.00847. The second kappa shape index (κ2) is 6.06. The molecule has 0 saturated carbocycles. The summed E-state index contributed by atoms with van der Waals surface area (Å²) in [7, 11) is 0. The average Bonchev–Trinajstić information content (AvgIpc) is 2.46. The lowest BCUT2D eigenvalue weighted by atomic mass is 10.2. The van der Waals surface area contributed by atoms with E-state index in [2.05, 4.69) is 17.3 Å². The molecule has 3 N–H and O–H groups in total. The number of nitrogens with zero attached hydrogens (tertiary/aromatic N) is 2. The number of nitrogens with two attached hydrogens (primary N) is 1. The van der Waals surface area contributed by atoms with E-state index in [4.69, 9.17) is 5.84 Å². The van der Waals surface area contributed by atoms with E-state index in [1.54, 1.807) is 18.2 Å². The monoisotopic (exact) mass is 266 g/mol. The standard InChI is InChI=1S/C12H18N4OS/c1-2-9-8-16(6-7-18-9)12(17)10-4-3-5-11(14-10)15-13/h3-5,9H,2,6-8,13H2,1H3,(H,14,15). The zero-order chi connectivity index (χ0) is 13.0. The van der Waals surface area contributed by atoms with Gasteiger partial charge in [0.25, 0.3) is 5.91 Å². The smallest absolute Gasteiger partial charge is 0.272 e. The van der Waals surface area contributed by atoms with Crippen LogP contribution in [0.4, 0.5) is 5.82 Å². The largest absolute Gasteiger partial charge is 0.335 e. The minimum atomic E-state index is -0.00847. The predicted molar refractivity (Wildman–Crippen MR) is 74.5 cm³/mol. The van der Waals surface area contributed by atoms with E-state index in [0.717, 1.165) is 25.3 Å². The highest BCUT2D eigenvalue weighted by Crippen LogP contribution is 2.22. The van der Waals surface area contributed by atoms with Crippen molar-refractivity contribution in [3.63, 3.8) is 0 Å². The lowest BCUT2D eigenvalue weighted by Crippen LogP contribution is -2.42. The molecule has 1 fully saturated rings. The molecule has 1 aromatic rings. The zero-order valence-corrected chi connectivity index (χ0v) is 11.2. The first-order chi connectivity index (χ1) is 8.74. The Kier molecular flexibility index (Phi) is 4.43. The topological polar surface area (TPSA) is 71.2 Å². The Morgan fingerprint density at radius 1 is 1.67 bits per heavy atom. The van der Waals surface area contributed by atoms with Crippen LogP contribution < -0.4 is 11.3 Å². The van der Waals surface area contributed by atoms with Crippen molar-refractivity contribution in [2.24, 2.45) is 5.84 Å². The molecule has 0 bridgehead atoms. The molecular formula is C12H18N4OS. The van der Waals surface area contributed by atoms with Crippen LogP contribution in [0.5, 0.6) is 0 Å². The van der Waals surface area contributed by atoms with Gasteiger partial charge in [-0.05, 0) is 18.6 Å². The van der Waals surface area contributed by atoms with Gasteiger partial charge in [0.05, 0.1) is 0 Å². The Bertz CT molecular complexity index is 426. The van der Waals surface area contributed by atoms with Gasteiger partial charge in [-0.2, -0.15) is 11.8 Å². The SMILES string of the molecule is CCC1CN(C(=O)c2cccc(NN)n2)CCS1. The Balaban J connectivity index is 2.10. The molecule has 2 rings (SSSR count).